The number of aromatic nitrogens is 2. The Balaban J connectivity index is 1.46. The number of benzene rings is 3. The second-order valence-electron chi connectivity index (χ2n) is 10.2. The smallest absolute Gasteiger partial charge is 0.335 e. The van der Waals surface area contributed by atoms with Crippen molar-refractivity contribution < 1.29 is 23.4 Å². The van der Waals surface area contributed by atoms with Gasteiger partial charge in [-0.05, 0) is 23.6 Å². The highest BCUT2D eigenvalue weighted by molar-refractivity contribution is 5.68. The number of aryl methyl sites for hydroxylation is 1. The molecule has 0 radical (unpaired) electrons. The van der Waals surface area contributed by atoms with E-state index in [9.17, 15) is 14.4 Å². The van der Waals surface area contributed by atoms with Crippen molar-refractivity contribution in [2.24, 2.45) is 0 Å². The van der Waals surface area contributed by atoms with Crippen LogP contribution in [0.25, 0.3) is 0 Å². The number of ether oxygens (including phenoxy) is 3. The van der Waals surface area contributed by atoms with E-state index in [4.69, 9.17) is 14.2 Å². The molecule has 1 aromatic heterocycles. The zero-order valence-electron chi connectivity index (χ0n) is 23.5. The monoisotopic (exact) mass is 572 g/mol. The third-order valence-electron chi connectivity index (χ3n) is 7.49. The van der Waals surface area contributed by atoms with Crippen LogP contribution in [0.15, 0.2) is 107 Å². The summed E-state index contributed by atoms with van der Waals surface area (Å²) in [7, 11) is 0. The zero-order chi connectivity index (χ0) is 29.7. The molecule has 4 aromatic rings. The van der Waals surface area contributed by atoms with Crippen LogP contribution in [0.4, 0.5) is 4.39 Å². The Labute approximate surface area is 242 Å². The SMILES string of the molecule is CCC(=O)OCn1c(=O)c(C)cn([C@H]2CC(F)[C@@H](COC(c3ccccc3)(c3ccccc3)c3ccccc3)O2)c1=O. The van der Waals surface area contributed by atoms with E-state index in [-0.39, 0.29) is 25.0 Å². The summed E-state index contributed by atoms with van der Waals surface area (Å²) in [6.07, 6.45) is -2.08. The third kappa shape index (κ3) is 5.70. The summed E-state index contributed by atoms with van der Waals surface area (Å²) >= 11 is 0. The van der Waals surface area contributed by atoms with Crippen molar-refractivity contribution in [3.8, 4) is 0 Å². The molecular weight excluding hydrogens is 539 g/mol. The normalized spacial score (nSPS) is 18.6. The molecule has 1 aliphatic heterocycles. The van der Waals surface area contributed by atoms with Gasteiger partial charge >= 0.3 is 11.7 Å². The molecule has 0 amide bonds. The lowest BCUT2D eigenvalue weighted by Crippen LogP contribution is -2.43. The summed E-state index contributed by atoms with van der Waals surface area (Å²) in [6.45, 7) is 2.50. The highest BCUT2D eigenvalue weighted by Crippen LogP contribution is 2.41. The Hall–Kier alpha value is -4.34. The number of hydrogen-bond donors (Lipinski definition) is 0. The van der Waals surface area contributed by atoms with Gasteiger partial charge in [-0.3, -0.25) is 14.2 Å². The summed E-state index contributed by atoms with van der Waals surface area (Å²) in [5, 5.41) is 0. The van der Waals surface area contributed by atoms with Gasteiger partial charge in [0.1, 0.15) is 24.1 Å². The van der Waals surface area contributed by atoms with Gasteiger partial charge in [0, 0.05) is 24.6 Å². The lowest BCUT2D eigenvalue weighted by Gasteiger charge is -2.36. The first kappa shape index (κ1) is 29.2. The fourth-order valence-electron chi connectivity index (χ4n) is 5.30. The van der Waals surface area contributed by atoms with Crippen LogP contribution < -0.4 is 11.2 Å². The molecule has 1 saturated heterocycles. The Morgan fingerprint density at radius 3 is 1.95 bits per heavy atom. The number of alkyl halides is 1. The van der Waals surface area contributed by atoms with Crippen molar-refractivity contribution in [3.05, 3.63) is 140 Å². The Bertz CT molecular complexity index is 1520. The van der Waals surface area contributed by atoms with Gasteiger partial charge < -0.3 is 14.2 Å². The molecule has 1 unspecified atom stereocenters. The predicted octanol–water partition coefficient (Wildman–Crippen LogP) is 4.86. The second-order valence-corrected chi connectivity index (χ2v) is 10.2. The van der Waals surface area contributed by atoms with E-state index in [2.05, 4.69) is 0 Å². The van der Waals surface area contributed by atoms with Crippen molar-refractivity contribution in [1.82, 2.24) is 9.13 Å². The van der Waals surface area contributed by atoms with Gasteiger partial charge in [-0.25, -0.2) is 13.8 Å². The maximum atomic E-state index is 15.6. The van der Waals surface area contributed by atoms with Crippen molar-refractivity contribution in [2.75, 3.05) is 6.61 Å². The molecule has 42 heavy (non-hydrogen) atoms. The largest absolute Gasteiger partial charge is 0.444 e. The molecule has 2 heterocycles. The summed E-state index contributed by atoms with van der Waals surface area (Å²) in [5.41, 5.74) is 0.439. The minimum Gasteiger partial charge on any atom is -0.444 e. The van der Waals surface area contributed by atoms with Gasteiger partial charge in [0.15, 0.2) is 6.73 Å². The van der Waals surface area contributed by atoms with E-state index in [1.807, 2.05) is 91.0 Å². The van der Waals surface area contributed by atoms with E-state index in [0.717, 1.165) is 21.3 Å². The van der Waals surface area contributed by atoms with E-state index < -0.39 is 48.1 Å². The Kier molecular flexibility index (Phi) is 8.80. The van der Waals surface area contributed by atoms with Crippen molar-refractivity contribution >= 4 is 5.97 Å². The van der Waals surface area contributed by atoms with Gasteiger partial charge in [-0.15, -0.1) is 0 Å². The number of rotatable bonds is 10. The fraction of sp³-hybridized carbons (Fsp3) is 0.303. The molecule has 1 fully saturated rings. The lowest BCUT2D eigenvalue weighted by molar-refractivity contribution is -0.147. The van der Waals surface area contributed by atoms with Gasteiger partial charge in [-0.2, -0.15) is 0 Å². The quantitative estimate of drug-likeness (QED) is 0.199. The third-order valence-corrected chi connectivity index (χ3v) is 7.49. The average molecular weight is 573 g/mol. The predicted molar refractivity (Wildman–Crippen MR) is 155 cm³/mol. The lowest BCUT2D eigenvalue weighted by atomic mass is 9.80. The number of carbonyl (C=O) groups is 1. The molecule has 1 aliphatic rings. The maximum Gasteiger partial charge on any atom is 0.335 e. The highest BCUT2D eigenvalue weighted by Gasteiger charge is 2.42. The fourth-order valence-corrected chi connectivity index (χ4v) is 5.30. The number of nitrogens with zero attached hydrogens (tertiary/aromatic N) is 2. The minimum atomic E-state index is -1.44. The Morgan fingerprint density at radius 1 is 0.929 bits per heavy atom. The maximum absolute atomic E-state index is 15.6. The summed E-state index contributed by atoms with van der Waals surface area (Å²) in [4.78, 5) is 37.5. The van der Waals surface area contributed by atoms with Crippen LogP contribution >= 0.6 is 0 Å². The number of halogens is 1. The standard InChI is InChI=1S/C33H33FN2O6/c1-3-30(37)40-22-36-31(38)23(2)20-35(32(36)39)29-19-27(34)28(42-29)21-41-33(24-13-7-4-8-14-24,25-15-9-5-10-16-25)26-17-11-6-12-18-26/h4-18,20,27-29H,3,19,21-22H2,1-2H3/t27?,28-,29-/m1/s1. The van der Waals surface area contributed by atoms with Crippen molar-refractivity contribution in [2.45, 2.75) is 57.5 Å². The first-order chi connectivity index (χ1) is 20.3. The van der Waals surface area contributed by atoms with Crippen molar-refractivity contribution in [3.63, 3.8) is 0 Å². The van der Waals surface area contributed by atoms with Crippen molar-refractivity contribution in [1.29, 1.82) is 0 Å². The van der Waals surface area contributed by atoms with Crippen LogP contribution in [0, 0.1) is 6.92 Å². The average Bonchev–Trinajstić information content (AvgIpc) is 3.40. The van der Waals surface area contributed by atoms with E-state index in [1.165, 1.54) is 17.7 Å². The van der Waals surface area contributed by atoms with Gasteiger partial charge in [0.2, 0.25) is 0 Å². The molecule has 0 bridgehead atoms. The van der Waals surface area contributed by atoms with E-state index in [0.29, 0.717) is 0 Å². The van der Waals surface area contributed by atoms with Gasteiger partial charge in [0.05, 0.1) is 6.61 Å². The first-order valence-electron chi connectivity index (χ1n) is 13.9. The van der Waals surface area contributed by atoms with Crippen LogP contribution in [0.5, 0.6) is 0 Å². The van der Waals surface area contributed by atoms with Crippen LogP contribution in [0.1, 0.15) is 48.2 Å². The molecule has 9 heteroatoms. The molecule has 0 spiro atoms. The summed E-state index contributed by atoms with van der Waals surface area (Å²) in [6, 6.07) is 29.2. The topological polar surface area (TPSA) is 88.8 Å². The molecular formula is C33H33FN2O6. The molecule has 8 nitrogen and oxygen atoms in total. The minimum absolute atomic E-state index is 0.0993. The first-order valence-corrected chi connectivity index (χ1v) is 13.9. The summed E-state index contributed by atoms with van der Waals surface area (Å²) in [5.74, 6) is -0.550. The second kappa shape index (κ2) is 12.7. The van der Waals surface area contributed by atoms with Gasteiger partial charge in [0.25, 0.3) is 5.56 Å². The van der Waals surface area contributed by atoms with Crippen LogP contribution in [0.3, 0.4) is 0 Å². The molecule has 0 aliphatic carbocycles. The van der Waals surface area contributed by atoms with Crippen LogP contribution in [0.2, 0.25) is 0 Å². The number of esters is 1. The van der Waals surface area contributed by atoms with Crippen LogP contribution in [-0.2, 0) is 31.3 Å². The highest BCUT2D eigenvalue weighted by atomic mass is 19.1. The van der Waals surface area contributed by atoms with Gasteiger partial charge in [-0.1, -0.05) is 97.9 Å². The Morgan fingerprint density at radius 2 is 1.45 bits per heavy atom. The number of carbonyl (C=O) groups excluding carboxylic acids is 1. The zero-order valence-corrected chi connectivity index (χ0v) is 23.5. The molecule has 3 atom stereocenters. The molecule has 3 aromatic carbocycles. The molecule has 5 rings (SSSR count). The molecule has 0 saturated carbocycles. The molecule has 0 N–H and O–H groups in total. The van der Waals surface area contributed by atoms with Crippen LogP contribution in [-0.4, -0.2) is 34.0 Å². The number of hydrogen-bond acceptors (Lipinski definition) is 6. The van der Waals surface area contributed by atoms with E-state index in [1.54, 1.807) is 6.92 Å². The van der Waals surface area contributed by atoms with E-state index >= 15 is 4.39 Å². The summed E-state index contributed by atoms with van der Waals surface area (Å²) < 4.78 is 35.4. The molecule has 218 valence electrons.